The van der Waals surface area contributed by atoms with Gasteiger partial charge < -0.3 is 0 Å². The number of fused-ring (bicyclic) bond motifs is 2. The van der Waals surface area contributed by atoms with E-state index in [1.807, 2.05) is 0 Å². The molecule has 0 aliphatic heterocycles. The summed E-state index contributed by atoms with van der Waals surface area (Å²) in [6, 6.07) is 13.3. The molecule has 1 aliphatic carbocycles. The fourth-order valence-electron chi connectivity index (χ4n) is 2.51. The van der Waals surface area contributed by atoms with Gasteiger partial charge in [-0.1, -0.05) is 50.2 Å². The van der Waals surface area contributed by atoms with Gasteiger partial charge in [-0.05, 0) is 33.7 Å². The third kappa shape index (κ3) is 0.886. The van der Waals surface area contributed by atoms with Crippen LogP contribution in [0, 0.1) is 0 Å². The van der Waals surface area contributed by atoms with Crippen LogP contribution in [0.25, 0.3) is 10.8 Å². The van der Waals surface area contributed by atoms with Crippen LogP contribution in [0.3, 0.4) is 0 Å². The van der Waals surface area contributed by atoms with Gasteiger partial charge in [-0.2, -0.15) is 0 Å². The van der Waals surface area contributed by atoms with Crippen molar-refractivity contribution in [3.05, 3.63) is 47.5 Å². The Labute approximate surface area is 84.6 Å². The fraction of sp³-hybridized carbons (Fsp3) is 0.286. The van der Waals surface area contributed by atoms with E-state index in [1.54, 1.807) is 11.1 Å². The molecule has 0 spiro atoms. The van der Waals surface area contributed by atoms with Crippen LogP contribution in [0.4, 0.5) is 0 Å². The Morgan fingerprint density at radius 2 is 1.21 bits per heavy atom. The van der Waals surface area contributed by atoms with Gasteiger partial charge in [0.1, 0.15) is 0 Å². The average molecular weight is 182 g/mol. The van der Waals surface area contributed by atoms with Gasteiger partial charge in [0.05, 0.1) is 0 Å². The van der Waals surface area contributed by atoms with Crippen LogP contribution in [-0.2, 0) is 0 Å². The van der Waals surface area contributed by atoms with Crippen molar-refractivity contribution in [2.75, 3.05) is 0 Å². The third-order valence-corrected chi connectivity index (χ3v) is 3.68. The first kappa shape index (κ1) is 8.05. The van der Waals surface area contributed by atoms with Crippen molar-refractivity contribution in [1.82, 2.24) is 0 Å². The molecule has 0 heteroatoms. The molecule has 1 aliphatic rings. The Kier molecular flexibility index (Phi) is 1.49. The molecule has 0 heterocycles. The lowest BCUT2D eigenvalue weighted by atomic mass is 9.69. The summed E-state index contributed by atoms with van der Waals surface area (Å²) in [5.74, 6) is 1.49. The average Bonchev–Trinajstić information content (AvgIpc) is 2.26. The van der Waals surface area contributed by atoms with Gasteiger partial charge in [-0.25, -0.2) is 0 Å². The minimum Gasteiger partial charge on any atom is -0.0616 e. The second-order valence-electron chi connectivity index (χ2n) is 4.41. The zero-order valence-corrected chi connectivity index (χ0v) is 8.62. The van der Waals surface area contributed by atoms with Crippen molar-refractivity contribution in [2.45, 2.75) is 25.7 Å². The maximum atomic E-state index is 2.36. The zero-order valence-electron chi connectivity index (χ0n) is 8.62. The second kappa shape index (κ2) is 2.60. The standard InChI is InChI=1S/C14H14/c1-9-10(2)14-8-12-6-4-3-5-11(12)7-13(9)14/h3-10H,1-2H3. The summed E-state index contributed by atoms with van der Waals surface area (Å²) < 4.78 is 0. The molecular weight excluding hydrogens is 168 g/mol. The van der Waals surface area contributed by atoms with Crippen LogP contribution >= 0.6 is 0 Å². The summed E-state index contributed by atoms with van der Waals surface area (Å²) in [7, 11) is 0. The van der Waals surface area contributed by atoms with Gasteiger partial charge >= 0.3 is 0 Å². The van der Waals surface area contributed by atoms with Gasteiger partial charge in [0.2, 0.25) is 0 Å². The first-order valence-corrected chi connectivity index (χ1v) is 5.30. The Morgan fingerprint density at radius 1 is 0.786 bits per heavy atom. The summed E-state index contributed by atoms with van der Waals surface area (Å²) in [5.41, 5.74) is 3.10. The number of benzene rings is 2. The maximum absolute atomic E-state index is 2.36. The third-order valence-electron chi connectivity index (χ3n) is 3.68. The van der Waals surface area contributed by atoms with Crippen LogP contribution in [0.2, 0.25) is 0 Å². The summed E-state index contributed by atoms with van der Waals surface area (Å²) >= 11 is 0. The molecule has 0 amide bonds. The SMILES string of the molecule is CC1c2cc3ccccc3cc2C1C. The maximum Gasteiger partial charge on any atom is -0.0121 e. The number of hydrogen-bond donors (Lipinski definition) is 0. The Morgan fingerprint density at radius 3 is 1.64 bits per heavy atom. The topological polar surface area (TPSA) is 0 Å². The van der Waals surface area contributed by atoms with Crippen molar-refractivity contribution in [1.29, 1.82) is 0 Å². The molecule has 0 saturated carbocycles. The summed E-state index contributed by atoms with van der Waals surface area (Å²) in [5, 5.41) is 2.76. The van der Waals surface area contributed by atoms with E-state index in [9.17, 15) is 0 Å². The van der Waals surface area contributed by atoms with Crippen LogP contribution in [0.5, 0.6) is 0 Å². The van der Waals surface area contributed by atoms with E-state index >= 15 is 0 Å². The highest BCUT2D eigenvalue weighted by Gasteiger charge is 2.30. The van der Waals surface area contributed by atoms with E-state index in [2.05, 4.69) is 50.2 Å². The molecule has 2 aromatic carbocycles. The Bertz CT molecular complexity index is 450. The highest BCUT2D eigenvalue weighted by Crippen LogP contribution is 2.47. The molecule has 70 valence electrons. The lowest BCUT2D eigenvalue weighted by Gasteiger charge is -2.35. The molecule has 0 bridgehead atoms. The van der Waals surface area contributed by atoms with Crippen molar-refractivity contribution in [2.24, 2.45) is 0 Å². The molecule has 2 atom stereocenters. The molecule has 14 heavy (non-hydrogen) atoms. The molecule has 0 radical (unpaired) electrons. The first-order chi connectivity index (χ1) is 6.77. The van der Waals surface area contributed by atoms with Crippen molar-refractivity contribution < 1.29 is 0 Å². The lowest BCUT2D eigenvalue weighted by molar-refractivity contribution is 0.544. The van der Waals surface area contributed by atoms with Crippen molar-refractivity contribution in [3.8, 4) is 0 Å². The van der Waals surface area contributed by atoms with Gasteiger partial charge in [0, 0.05) is 0 Å². The van der Waals surface area contributed by atoms with Crippen molar-refractivity contribution in [3.63, 3.8) is 0 Å². The minimum absolute atomic E-state index is 0.745. The second-order valence-corrected chi connectivity index (χ2v) is 4.41. The fourth-order valence-corrected chi connectivity index (χ4v) is 2.51. The van der Waals surface area contributed by atoms with Crippen LogP contribution < -0.4 is 0 Å². The number of rotatable bonds is 0. The van der Waals surface area contributed by atoms with Gasteiger partial charge in [0.15, 0.2) is 0 Å². The molecule has 0 aromatic heterocycles. The van der Waals surface area contributed by atoms with E-state index in [1.165, 1.54) is 10.8 Å². The zero-order chi connectivity index (χ0) is 9.71. The molecule has 3 rings (SSSR count). The van der Waals surface area contributed by atoms with E-state index in [4.69, 9.17) is 0 Å². The van der Waals surface area contributed by atoms with E-state index < -0.39 is 0 Å². The van der Waals surface area contributed by atoms with E-state index in [0.717, 1.165) is 11.8 Å². The van der Waals surface area contributed by atoms with Crippen LogP contribution in [0.15, 0.2) is 36.4 Å². The van der Waals surface area contributed by atoms with Crippen molar-refractivity contribution >= 4 is 10.8 Å². The van der Waals surface area contributed by atoms with Crippen LogP contribution in [-0.4, -0.2) is 0 Å². The van der Waals surface area contributed by atoms with Gasteiger partial charge in [-0.15, -0.1) is 0 Å². The molecule has 0 N–H and O–H groups in total. The smallest absolute Gasteiger partial charge is 0.0121 e. The largest absolute Gasteiger partial charge is 0.0616 e. The molecule has 2 aromatic rings. The predicted octanol–water partition coefficient (Wildman–Crippen LogP) is 4.06. The molecule has 2 unspecified atom stereocenters. The summed E-state index contributed by atoms with van der Waals surface area (Å²) in [4.78, 5) is 0. The normalized spacial score (nSPS) is 24.4. The summed E-state index contributed by atoms with van der Waals surface area (Å²) in [6.07, 6.45) is 0. The highest BCUT2D eigenvalue weighted by atomic mass is 14.3. The minimum atomic E-state index is 0.745. The van der Waals surface area contributed by atoms with E-state index in [-0.39, 0.29) is 0 Å². The highest BCUT2D eigenvalue weighted by molar-refractivity contribution is 5.85. The Balaban J connectivity index is 2.31. The first-order valence-electron chi connectivity index (χ1n) is 5.30. The summed E-state index contributed by atoms with van der Waals surface area (Å²) in [6.45, 7) is 4.64. The van der Waals surface area contributed by atoms with Gasteiger partial charge in [-0.3, -0.25) is 0 Å². The van der Waals surface area contributed by atoms with E-state index in [0.29, 0.717) is 0 Å². The number of hydrogen-bond acceptors (Lipinski definition) is 0. The molecule has 0 saturated heterocycles. The van der Waals surface area contributed by atoms with Gasteiger partial charge in [0.25, 0.3) is 0 Å². The molecule has 0 fully saturated rings. The predicted molar refractivity (Wildman–Crippen MR) is 60.8 cm³/mol. The lowest BCUT2D eigenvalue weighted by Crippen LogP contribution is -2.18. The quantitative estimate of drug-likeness (QED) is 0.576. The van der Waals surface area contributed by atoms with Crippen LogP contribution in [0.1, 0.15) is 36.8 Å². The Hall–Kier alpha value is -1.30. The monoisotopic (exact) mass is 182 g/mol. The molecule has 0 nitrogen and oxygen atoms in total. The molecular formula is C14H14.